The van der Waals surface area contributed by atoms with Crippen LogP contribution in [0.15, 0.2) is 169 Å². The van der Waals surface area contributed by atoms with Crippen LogP contribution in [0.25, 0.3) is 0 Å². The number of ether oxygens (including phenoxy) is 2. The third-order valence-electron chi connectivity index (χ3n) is 12.5. The molecule has 1 saturated heterocycles. The summed E-state index contributed by atoms with van der Waals surface area (Å²) >= 11 is 0. The highest BCUT2D eigenvalue weighted by Crippen LogP contribution is 2.51. The zero-order valence-corrected chi connectivity index (χ0v) is 36.7. The highest BCUT2D eigenvalue weighted by atomic mass is 16.6. The number of esters is 2. The molecule has 66 heavy (non-hydrogen) atoms. The number of allylic oxidation sites excluding steroid dienone is 2. The predicted molar refractivity (Wildman–Crippen MR) is 249 cm³/mol. The number of fused-ring (bicyclic) bond motifs is 2. The summed E-state index contributed by atoms with van der Waals surface area (Å²) in [5.41, 5.74) is 4.55. The first-order valence-electron chi connectivity index (χ1n) is 22.2. The summed E-state index contributed by atoms with van der Waals surface area (Å²) in [6.07, 6.45) is 11.2. The molecule has 1 saturated carbocycles. The number of hydrogen-bond donors (Lipinski definition) is 0. The van der Waals surface area contributed by atoms with Gasteiger partial charge in [0.2, 0.25) is 18.0 Å². The summed E-state index contributed by atoms with van der Waals surface area (Å²) in [5.74, 6) is -2.75. The zero-order valence-electron chi connectivity index (χ0n) is 36.7. The molecule has 0 N–H and O–H groups in total. The lowest BCUT2D eigenvalue weighted by Gasteiger charge is -2.43. The number of anilines is 4. The molecule has 1 unspecified atom stereocenters. The lowest BCUT2D eigenvalue weighted by Crippen LogP contribution is -2.48. The van der Waals surface area contributed by atoms with E-state index >= 15 is 0 Å². The third-order valence-corrected chi connectivity index (χ3v) is 12.5. The first-order chi connectivity index (χ1) is 31.9. The molecule has 14 nitrogen and oxygen atoms in total. The number of nitrogens with zero attached hydrogens (tertiary/aromatic N) is 4. The second-order valence-electron chi connectivity index (χ2n) is 16.9. The van der Waals surface area contributed by atoms with Crippen LogP contribution in [0.3, 0.4) is 0 Å². The van der Waals surface area contributed by atoms with E-state index in [1.807, 2.05) is 140 Å². The molecule has 3 aliphatic carbocycles. The van der Waals surface area contributed by atoms with Crippen LogP contribution in [0.4, 0.5) is 22.7 Å². The van der Waals surface area contributed by atoms with E-state index in [1.165, 1.54) is 18.2 Å². The van der Waals surface area contributed by atoms with Crippen LogP contribution < -0.4 is 9.80 Å². The number of carbonyl (C=O) groups is 4. The third kappa shape index (κ3) is 11.1. The highest BCUT2D eigenvalue weighted by molar-refractivity contribution is 6.07. The summed E-state index contributed by atoms with van der Waals surface area (Å²) in [5, 5.41) is 22.4. The Morgan fingerprint density at radius 3 is 1.77 bits per heavy atom. The van der Waals surface area contributed by atoms with Gasteiger partial charge in [-0.2, -0.15) is 0 Å². The number of benzene rings is 4. The van der Waals surface area contributed by atoms with E-state index in [9.17, 15) is 39.4 Å². The average molecular weight is 893 g/mol. The van der Waals surface area contributed by atoms with Gasteiger partial charge in [-0.3, -0.25) is 44.4 Å². The maximum Gasteiger partial charge on any atom is 0.331 e. The van der Waals surface area contributed by atoms with Gasteiger partial charge in [-0.25, -0.2) is 4.79 Å². The molecule has 0 aromatic heterocycles. The first-order valence-corrected chi connectivity index (χ1v) is 22.2. The first kappa shape index (κ1) is 46.5. The van der Waals surface area contributed by atoms with Crippen LogP contribution in [0, 0.1) is 43.9 Å². The van der Waals surface area contributed by atoms with E-state index in [0.717, 1.165) is 33.9 Å². The van der Waals surface area contributed by atoms with Crippen LogP contribution in [0.2, 0.25) is 0 Å². The fourth-order valence-electron chi connectivity index (χ4n) is 9.41. The van der Waals surface area contributed by atoms with Crippen LogP contribution in [0.5, 0.6) is 0 Å². The molecule has 4 aromatic rings. The molecule has 4 aromatic carbocycles. The van der Waals surface area contributed by atoms with Crippen molar-refractivity contribution in [1.82, 2.24) is 0 Å². The Labute approximate surface area is 383 Å². The van der Waals surface area contributed by atoms with Crippen molar-refractivity contribution >= 4 is 46.5 Å². The molecule has 0 radical (unpaired) electrons. The molecule has 0 bridgehead atoms. The Morgan fingerprint density at radius 2 is 1.24 bits per heavy atom. The highest BCUT2D eigenvalue weighted by Gasteiger charge is 2.56. The molecular weight excluding hydrogens is 841 g/mol. The summed E-state index contributed by atoms with van der Waals surface area (Å²) in [6, 6.07) is 36.2. The second-order valence-corrected chi connectivity index (χ2v) is 16.9. The number of cyclic esters (lactones) is 1. The number of nitro groups is 2. The number of hydrogen-bond acceptors (Lipinski definition) is 10. The molecule has 1 aliphatic heterocycles. The molecule has 340 valence electrons. The van der Waals surface area contributed by atoms with Gasteiger partial charge >= 0.3 is 11.9 Å². The summed E-state index contributed by atoms with van der Waals surface area (Å²) in [7, 11) is 0. The molecule has 0 spiro atoms. The van der Waals surface area contributed by atoms with Crippen molar-refractivity contribution in [3.63, 3.8) is 0 Å². The van der Waals surface area contributed by atoms with Crippen molar-refractivity contribution < 1.29 is 38.5 Å². The SMILES string of the molecule is C[C@H](/C=C\C(=O)N(c1ccccc1)c1ccccc1)OC(=O)/C=C/C1=CCCC([N+](=O)[O-])C1.C[C@H]1OC(=O)[C@@H]2C=C3C[C@H]([N+](=O)[O-])CC[C@H]3[C@H](C(=O)N(c3ccccc3)c3ccccc3)[C@H]12. The van der Waals surface area contributed by atoms with Gasteiger partial charge in [0.25, 0.3) is 5.91 Å². The van der Waals surface area contributed by atoms with E-state index in [1.54, 1.807) is 22.8 Å². The molecule has 2 amide bonds. The van der Waals surface area contributed by atoms with Crippen LogP contribution in [-0.2, 0) is 28.7 Å². The normalized spacial score (nSPS) is 23.7. The Morgan fingerprint density at radius 1 is 0.727 bits per heavy atom. The monoisotopic (exact) mass is 892 g/mol. The van der Waals surface area contributed by atoms with E-state index in [0.29, 0.717) is 32.1 Å². The predicted octanol–water partition coefficient (Wildman–Crippen LogP) is 9.68. The average Bonchev–Trinajstić information content (AvgIpc) is 3.62. The summed E-state index contributed by atoms with van der Waals surface area (Å²) in [6.45, 7) is 3.51. The van der Waals surface area contributed by atoms with Crippen LogP contribution >= 0.6 is 0 Å². The maximum absolute atomic E-state index is 14.4. The zero-order chi connectivity index (χ0) is 46.7. The number of amides is 2. The van der Waals surface area contributed by atoms with Gasteiger partial charge in [0.15, 0.2) is 0 Å². The lowest BCUT2D eigenvalue weighted by atomic mass is 9.61. The van der Waals surface area contributed by atoms with E-state index in [4.69, 9.17) is 9.47 Å². The Bertz CT molecular complexity index is 2430. The summed E-state index contributed by atoms with van der Waals surface area (Å²) in [4.78, 5) is 77.4. The van der Waals surface area contributed by atoms with Gasteiger partial charge in [-0.15, -0.1) is 0 Å². The van der Waals surface area contributed by atoms with Gasteiger partial charge in [-0.05, 0) is 92.8 Å². The fourth-order valence-corrected chi connectivity index (χ4v) is 9.41. The number of para-hydroxylation sites is 4. The van der Waals surface area contributed by atoms with Gasteiger partial charge in [0.05, 0.1) is 11.8 Å². The summed E-state index contributed by atoms with van der Waals surface area (Å²) < 4.78 is 10.9. The van der Waals surface area contributed by atoms with Crippen LogP contribution in [-0.4, -0.2) is 57.9 Å². The molecule has 4 aliphatic rings. The van der Waals surface area contributed by atoms with E-state index in [-0.39, 0.29) is 45.9 Å². The van der Waals surface area contributed by atoms with Crippen molar-refractivity contribution in [2.24, 2.45) is 23.7 Å². The number of carbonyl (C=O) groups excluding carboxylic acids is 4. The second kappa shape index (κ2) is 21.5. The molecule has 1 heterocycles. The minimum Gasteiger partial charge on any atom is -0.462 e. The van der Waals surface area contributed by atoms with Crippen molar-refractivity contribution in [1.29, 1.82) is 0 Å². The van der Waals surface area contributed by atoms with Crippen molar-refractivity contribution in [2.75, 3.05) is 9.80 Å². The lowest BCUT2D eigenvalue weighted by molar-refractivity contribution is -0.524. The molecule has 2 fully saturated rings. The topological polar surface area (TPSA) is 180 Å². The Hall–Kier alpha value is -7.48. The van der Waals surface area contributed by atoms with Crippen molar-refractivity contribution in [2.45, 2.75) is 76.7 Å². The van der Waals surface area contributed by atoms with Crippen LogP contribution in [0.1, 0.15) is 52.4 Å². The molecule has 8 rings (SSSR count). The van der Waals surface area contributed by atoms with Gasteiger partial charge in [0, 0.05) is 76.3 Å². The molecule has 14 heteroatoms. The van der Waals surface area contributed by atoms with Gasteiger partial charge in [0.1, 0.15) is 12.2 Å². The Balaban J connectivity index is 0.000000196. The quantitative estimate of drug-likeness (QED) is 0.0437. The molecular formula is C52H52N4O10. The maximum atomic E-state index is 14.4. The van der Waals surface area contributed by atoms with Crippen molar-refractivity contribution in [3.05, 3.63) is 189 Å². The van der Waals surface area contributed by atoms with Crippen molar-refractivity contribution in [3.8, 4) is 0 Å². The van der Waals surface area contributed by atoms with Gasteiger partial charge < -0.3 is 9.47 Å². The van der Waals surface area contributed by atoms with E-state index in [2.05, 4.69) is 0 Å². The molecule has 8 atom stereocenters. The minimum atomic E-state index is -0.672. The Kier molecular flexibility index (Phi) is 15.1. The van der Waals surface area contributed by atoms with Gasteiger partial charge in [-0.1, -0.05) is 96.6 Å². The van der Waals surface area contributed by atoms with E-state index < -0.39 is 42.1 Å². The largest absolute Gasteiger partial charge is 0.462 e. The standard InChI is InChI=1S/2C26H26N2O5/c1-16-23-22(26(30)33-16)15-17-14-20(28(31)32)12-13-21(17)24(23)25(29)27(18-8-4-2-5-9-18)19-10-6-3-7-11-19;1-20(33-26(30)18-16-21-9-8-14-24(19-21)28(31)32)15-17-25(29)27(22-10-4-2-5-11-22)23-12-6-3-7-13-23/h2-11,15-16,20-24H,12-14H2,1H3;2-7,9-13,15-18,20,24H,8,14,19H2,1H3/b;17-15-,18-16+/t16-,20-,21-,22-,23-,24+;20-,24?/m11/s1. The smallest absolute Gasteiger partial charge is 0.331 e. The minimum absolute atomic E-state index is 0.0947. The number of rotatable bonds is 12. The fraction of sp³-hybridized carbons (Fsp3) is 0.308.